The van der Waals surface area contributed by atoms with E-state index in [1.165, 1.54) is 7.11 Å². The number of ether oxygens (including phenoxy) is 2. The lowest BCUT2D eigenvalue weighted by Gasteiger charge is -2.11. The Morgan fingerprint density at radius 2 is 1.94 bits per heavy atom. The summed E-state index contributed by atoms with van der Waals surface area (Å²) < 4.78 is 9.87. The second-order valence-electron chi connectivity index (χ2n) is 3.39. The van der Waals surface area contributed by atoms with E-state index in [0.717, 1.165) is 11.3 Å². The molecule has 0 fully saturated rings. The predicted octanol–water partition coefficient (Wildman–Crippen LogP) is 2.07. The maximum atomic E-state index is 11.0. The van der Waals surface area contributed by atoms with Gasteiger partial charge < -0.3 is 15.2 Å². The minimum absolute atomic E-state index is 0. The lowest BCUT2D eigenvalue weighted by Crippen LogP contribution is -2.16. The van der Waals surface area contributed by atoms with Crippen LogP contribution in [0, 0.1) is 0 Å². The highest BCUT2D eigenvalue weighted by Crippen LogP contribution is 2.18. The molecule has 1 rings (SSSR count). The molecule has 0 saturated carbocycles. The summed E-state index contributed by atoms with van der Waals surface area (Å²) >= 11 is 0. The summed E-state index contributed by atoms with van der Waals surface area (Å²) in [6, 6.07) is 7.08. The second-order valence-corrected chi connectivity index (χ2v) is 3.39. The van der Waals surface area contributed by atoms with E-state index in [2.05, 4.69) is 4.74 Å². The Morgan fingerprint density at radius 3 is 2.41 bits per heavy atom. The molecule has 0 bridgehead atoms. The molecule has 5 heteroatoms. The molecule has 96 valence electrons. The second kappa shape index (κ2) is 7.92. The van der Waals surface area contributed by atoms with Gasteiger partial charge in [0.25, 0.3) is 0 Å². The van der Waals surface area contributed by atoms with Crippen molar-refractivity contribution < 1.29 is 14.3 Å². The Kier molecular flexibility index (Phi) is 7.34. The van der Waals surface area contributed by atoms with Gasteiger partial charge in [-0.3, -0.25) is 4.79 Å². The van der Waals surface area contributed by atoms with E-state index in [4.69, 9.17) is 10.5 Å². The van der Waals surface area contributed by atoms with Crippen molar-refractivity contribution in [2.75, 3.05) is 13.7 Å². The lowest BCUT2D eigenvalue weighted by molar-refractivity contribution is -0.141. The molecule has 1 aromatic carbocycles. The monoisotopic (exact) mass is 259 g/mol. The van der Waals surface area contributed by atoms with E-state index in [-0.39, 0.29) is 30.8 Å². The molecule has 0 aliphatic carbocycles. The van der Waals surface area contributed by atoms with E-state index in [1.54, 1.807) is 0 Å². The number of benzene rings is 1. The molecule has 17 heavy (non-hydrogen) atoms. The smallest absolute Gasteiger partial charge is 0.307 e. The number of methoxy groups -OCH3 is 1. The van der Waals surface area contributed by atoms with Crippen molar-refractivity contribution in [3.63, 3.8) is 0 Å². The predicted molar refractivity (Wildman–Crippen MR) is 68.4 cm³/mol. The Bertz CT molecular complexity index is 340. The van der Waals surface area contributed by atoms with Gasteiger partial charge in [0.1, 0.15) is 5.75 Å². The normalized spacial score (nSPS) is 11.2. The maximum Gasteiger partial charge on any atom is 0.307 e. The van der Waals surface area contributed by atoms with Crippen LogP contribution in [0.5, 0.6) is 5.75 Å². The third-order valence-electron chi connectivity index (χ3n) is 2.23. The minimum atomic E-state index is -0.330. The quantitative estimate of drug-likeness (QED) is 0.823. The van der Waals surface area contributed by atoms with Gasteiger partial charge in [0, 0.05) is 6.04 Å². The minimum Gasteiger partial charge on any atom is -0.494 e. The van der Waals surface area contributed by atoms with Crippen LogP contribution in [0.25, 0.3) is 0 Å². The highest BCUT2D eigenvalue weighted by Gasteiger charge is 2.11. The fourth-order valence-corrected chi connectivity index (χ4v) is 1.36. The first kappa shape index (κ1) is 15.7. The first-order valence-corrected chi connectivity index (χ1v) is 5.22. The van der Waals surface area contributed by atoms with Crippen molar-refractivity contribution >= 4 is 18.4 Å². The molecule has 0 aliphatic rings. The Labute approximate surface area is 108 Å². The number of hydrogen-bond donors (Lipinski definition) is 1. The molecule has 0 spiro atoms. The van der Waals surface area contributed by atoms with Crippen molar-refractivity contribution in [2.45, 2.75) is 19.4 Å². The SMILES string of the molecule is CCOc1ccc([C@@H](N)CC(=O)OC)cc1.Cl. The number of nitrogens with two attached hydrogens (primary N) is 1. The van der Waals surface area contributed by atoms with Crippen LogP contribution in [-0.4, -0.2) is 19.7 Å². The number of carbonyl (C=O) groups is 1. The highest BCUT2D eigenvalue weighted by molar-refractivity contribution is 5.85. The Hall–Kier alpha value is -1.26. The summed E-state index contributed by atoms with van der Waals surface area (Å²) in [4.78, 5) is 11.0. The zero-order chi connectivity index (χ0) is 12.0. The molecule has 0 unspecified atom stereocenters. The Morgan fingerprint density at radius 1 is 1.35 bits per heavy atom. The van der Waals surface area contributed by atoms with E-state index in [9.17, 15) is 4.79 Å². The topological polar surface area (TPSA) is 61.5 Å². The summed E-state index contributed by atoms with van der Waals surface area (Å²) in [5, 5.41) is 0. The largest absolute Gasteiger partial charge is 0.494 e. The summed E-state index contributed by atoms with van der Waals surface area (Å²) in [6.45, 7) is 2.56. The van der Waals surface area contributed by atoms with Gasteiger partial charge in [0.05, 0.1) is 20.1 Å². The molecule has 1 aromatic rings. The van der Waals surface area contributed by atoms with Crippen molar-refractivity contribution in [2.24, 2.45) is 5.73 Å². The van der Waals surface area contributed by atoms with Crippen molar-refractivity contribution in [1.29, 1.82) is 0 Å². The van der Waals surface area contributed by atoms with Crippen molar-refractivity contribution in [3.05, 3.63) is 29.8 Å². The molecule has 0 aromatic heterocycles. The van der Waals surface area contributed by atoms with Crippen LogP contribution in [0.2, 0.25) is 0 Å². The molecule has 0 radical (unpaired) electrons. The van der Waals surface area contributed by atoms with Crippen molar-refractivity contribution in [1.82, 2.24) is 0 Å². The van der Waals surface area contributed by atoms with E-state index in [1.807, 2.05) is 31.2 Å². The van der Waals surface area contributed by atoms with Crippen LogP contribution < -0.4 is 10.5 Å². The zero-order valence-electron chi connectivity index (χ0n) is 10.0. The summed E-state index contributed by atoms with van der Waals surface area (Å²) in [6.07, 6.45) is 0.185. The first-order chi connectivity index (χ1) is 7.67. The third kappa shape index (κ3) is 5.06. The lowest BCUT2D eigenvalue weighted by atomic mass is 10.0. The molecular formula is C12H18ClNO3. The van der Waals surface area contributed by atoms with E-state index < -0.39 is 0 Å². The molecule has 2 N–H and O–H groups in total. The standard InChI is InChI=1S/C12H17NO3.ClH/c1-3-16-10-6-4-9(5-7-10)11(13)8-12(14)15-2;/h4-7,11H,3,8,13H2,1-2H3;1H/t11-;/m0./s1. The number of hydrogen-bond acceptors (Lipinski definition) is 4. The zero-order valence-corrected chi connectivity index (χ0v) is 10.8. The van der Waals surface area contributed by atoms with E-state index >= 15 is 0 Å². The van der Waals surface area contributed by atoms with Crippen LogP contribution in [-0.2, 0) is 9.53 Å². The summed E-state index contributed by atoms with van der Waals surface area (Å²) in [7, 11) is 1.35. The fraction of sp³-hybridized carbons (Fsp3) is 0.417. The number of rotatable bonds is 5. The van der Waals surface area contributed by atoms with Crippen LogP contribution >= 0.6 is 12.4 Å². The van der Waals surface area contributed by atoms with Gasteiger partial charge in [-0.1, -0.05) is 12.1 Å². The first-order valence-electron chi connectivity index (χ1n) is 5.22. The summed E-state index contributed by atoms with van der Waals surface area (Å²) in [5.74, 6) is 0.498. The number of esters is 1. The van der Waals surface area contributed by atoms with Gasteiger partial charge in [-0.25, -0.2) is 0 Å². The van der Waals surface area contributed by atoms with Crippen LogP contribution in [0.15, 0.2) is 24.3 Å². The van der Waals surface area contributed by atoms with Gasteiger partial charge in [0.2, 0.25) is 0 Å². The van der Waals surface area contributed by atoms with Gasteiger partial charge >= 0.3 is 5.97 Å². The molecular weight excluding hydrogens is 242 g/mol. The van der Waals surface area contributed by atoms with Crippen LogP contribution in [0.4, 0.5) is 0 Å². The average molecular weight is 260 g/mol. The van der Waals surface area contributed by atoms with Gasteiger partial charge in [-0.2, -0.15) is 0 Å². The highest BCUT2D eigenvalue weighted by atomic mass is 35.5. The van der Waals surface area contributed by atoms with Crippen LogP contribution in [0.3, 0.4) is 0 Å². The Balaban J connectivity index is 0.00000256. The van der Waals surface area contributed by atoms with Crippen LogP contribution in [0.1, 0.15) is 24.9 Å². The average Bonchev–Trinajstić information content (AvgIpc) is 2.30. The molecule has 4 nitrogen and oxygen atoms in total. The van der Waals surface area contributed by atoms with Gasteiger partial charge in [-0.05, 0) is 24.6 Å². The number of carbonyl (C=O) groups excluding carboxylic acids is 1. The molecule has 1 atom stereocenters. The molecule has 0 amide bonds. The van der Waals surface area contributed by atoms with Gasteiger partial charge in [-0.15, -0.1) is 12.4 Å². The van der Waals surface area contributed by atoms with E-state index in [0.29, 0.717) is 6.61 Å². The molecule has 0 aliphatic heterocycles. The maximum absolute atomic E-state index is 11.0. The molecule has 0 saturated heterocycles. The third-order valence-corrected chi connectivity index (χ3v) is 2.23. The van der Waals surface area contributed by atoms with Gasteiger partial charge in [0.15, 0.2) is 0 Å². The molecule has 0 heterocycles. The summed E-state index contributed by atoms with van der Waals surface area (Å²) in [5.41, 5.74) is 6.75. The number of halogens is 1. The fourth-order valence-electron chi connectivity index (χ4n) is 1.36. The van der Waals surface area contributed by atoms with Crippen molar-refractivity contribution in [3.8, 4) is 5.75 Å².